The average Bonchev–Trinajstić information content (AvgIpc) is 2.77. The van der Waals surface area contributed by atoms with Crippen molar-refractivity contribution in [2.45, 2.75) is 12.8 Å². The van der Waals surface area contributed by atoms with E-state index in [2.05, 4.69) is 36.5 Å². The second-order valence-corrected chi connectivity index (χ2v) is 20.6. The molecule has 0 unspecified atom stereocenters. The fourth-order valence-electron chi connectivity index (χ4n) is 1.66. The molecule has 0 aromatic rings. The summed E-state index contributed by atoms with van der Waals surface area (Å²) in [6, 6.07) is 0. The first-order chi connectivity index (χ1) is 5.88. The fourth-order valence-corrected chi connectivity index (χ4v) is 14.7. The second kappa shape index (κ2) is 6.99. The Bertz CT molecular complexity index is 275. The summed E-state index contributed by atoms with van der Waals surface area (Å²) < 4.78 is 3.67. The molecular formula is C10H15Cl2HfSi. The first-order valence-electron chi connectivity index (χ1n) is 4.43. The molecule has 0 saturated heterocycles. The molecule has 0 spiro atoms. The van der Waals surface area contributed by atoms with E-state index in [-0.39, 0.29) is 24.8 Å². The van der Waals surface area contributed by atoms with Gasteiger partial charge in [0.1, 0.15) is 0 Å². The van der Waals surface area contributed by atoms with Gasteiger partial charge < -0.3 is 0 Å². The Balaban J connectivity index is 0.000000845. The van der Waals surface area contributed by atoms with Crippen molar-refractivity contribution >= 4 is 32.2 Å². The first kappa shape index (κ1) is 14.6. The molecule has 2 aliphatic rings. The summed E-state index contributed by atoms with van der Waals surface area (Å²) in [5.74, 6) is 0. The van der Waals surface area contributed by atoms with Gasteiger partial charge in [-0.15, -0.1) is 24.8 Å². The molecule has 0 heterocycles. The zero-order valence-corrected chi connectivity index (χ0v) is 15.4. The van der Waals surface area contributed by atoms with E-state index < -0.39 is 20.6 Å². The molecule has 4 heteroatoms. The van der Waals surface area contributed by atoms with Crippen LogP contribution in [-0.4, -0.2) is 7.43 Å². The molecule has 0 radical (unpaired) electrons. The molecule has 0 nitrogen and oxygen atoms in total. The maximum atomic E-state index is 2.38. The molecule has 0 amide bonds. The molecule has 14 heavy (non-hydrogen) atoms. The van der Waals surface area contributed by atoms with Crippen LogP contribution in [-0.2, 0) is 20.6 Å². The van der Waals surface area contributed by atoms with Crippen LogP contribution in [0.5, 0.6) is 0 Å². The topological polar surface area (TPSA) is 0 Å². The van der Waals surface area contributed by atoms with E-state index >= 15 is 0 Å². The van der Waals surface area contributed by atoms with Crippen molar-refractivity contribution in [3.05, 3.63) is 43.1 Å². The van der Waals surface area contributed by atoms with E-state index in [0.717, 1.165) is 0 Å². The van der Waals surface area contributed by atoms with E-state index in [1.165, 1.54) is 20.3 Å². The Morgan fingerprint density at radius 2 is 1.36 bits per heavy atom. The minimum absolute atomic E-state index is 0. The van der Waals surface area contributed by atoms with E-state index in [1.54, 1.807) is 0 Å². The van der Waals surface area contributed by atoms with Crippen LogP contribution < -0.4 is 0 Å². The van der Waals surface area contributed by atoms with Crippen LogP contribution in [0.1, 0.15) is 12.8 Å². The normalized spacial score (nSPS) is 17.1. The summed E-state index contributed by atoms with van der Waals surface area (Å²) in [6.07, 6.45) is 16.4. The predicted octanol–water partition coefficient (Wildman–Crippen LogP) is 2.42. The Hall–Kier alpha value is 0.627. The third-order valence-corrected chi connectivity index (χ3v) is 22.6. The van der Waals surface area contributed by atoms with E-state index in [4.69, 9.17) is 0 Å². The van der Waals surface area contributed by atoms with Crippen molar-refractivity contribution in [3.63, 3.8) is 0 Å². The third-order valence-electron chi connectivity index (χ3n) is 2.51. The number of halogens is 2. The minimum atomic E-state index is -1.30. The summed E-state index contributed by atoms with van der Waals surface area (Å²) in [5, 5.41) is 0. The first-order valence-corrected chi connectivity index (χ1v) is 19.8. The van der Waals surface area contributed by atoms with Crippen LogP contribution in [0, 0.1) is 0 Å². The Morgan fingerprint density at radius 1 is 0.929 bits per heavy atom. The van der Waals surface area contributed by atoms with Crippen LogP contribution >= 0.6 is 24.8 Å². The van der Waals surface area contributed by atoms with Crippen molar-refractivity contribution in [2.24, 2.45) is 0 Å². The van der Waals surface area contributed by atoms with Gasteiger partial charge in [0.2, 0.25) is 0 Å². The summed E-state index contributed by atoms with van der Waals surface area (Å²) >= 11 is -1.30. The second-order valence-electron chi connectivity index (χ2n) is 3.27. The molecule has 77 valence electrons. The van der Waals surface area contributed by atoms with Crippen LogP contribution in [0.2, 0.25) is 0 Å². The average molecular weight is 413 g/mol. The Morgan fingerprint density at radius 3 is 1.64 bits per heavy atom. The fraction of sp³-hybridized carbons (Fsp3) is 0.200. The number of rotatable bonds is 2. The molecule has 0 saturated carbocycles. The van der Waals surface area contributed by atoms with E-state index in [0.29, 0.717) is 0 Å². The summed E-state index contributed by atoms with van der Waals surface area (Å²) in [6.45, 7) is 0. The van der Waals surface area contributed by atoms with Gasteiger partial charge >= 0.3 is 84.0 Å². The van der Waals surface area contributed by atoms with Gasteiger partial charge in [0.15, 0.2) is 0 Å². The number of allylic oxidation sites excluding steroid dienone is 8. The molecule has 0 aromatic heterocycles. The van der Waals surface area contributed by atoms with Crippen molar-refractivity contribution in [2.75, 3.05) is 0 Å². The summed E-state index contributed by atoms with van der Waals surface area (Å²) in [4.78, 5) is 0. The number of hydrogen-bond donors (Lipinski definition) is 0. The molecule has 0 atom stereocenters. The van der Waals surface area contributed by atoms with Gasteiger partial charge in [0.25, 0.3) is 0 Å². The molecule has 0 fully saturated rings. The molecular weight excluding hydrogens is 398 g/mol. The van der Waals surface area contributed by atoms with Gasteiger partial charge in [-0.05, 0) is 0 Å². The number of hydrogen-bond acceptors (Lipinski definition) is 0. The monoisotopic (exact) mass is 413 g/mol. The van der Waals surface area contributed by atoms with Gasteiger partial charge in [0.05, 0.1) is 0 Å². The SMILES string of the molecule is Cl.Cl.[SiH3][Hf]([C]1=CC=CC1)[C]1=CC=CC1. The molecule has 0 aromatic carbocycles. The zero-order valence-electron chi connectivity index (χ0n) is 8.19. The molecule has 2 rings (SSSR count). The van der Waals surface area contributed by atoms with Crippen LogP contribution in [0.15, 0.2) is 43.1 Å². The molecule has 2 aliphatic carbocycles. The molecule has 0 aliphatic heterocycles. The van der Waals surface area contributed by atoms with Crippen molar-refractivity contribution in [1.82, 2.24) is 0 Å². The van der Waals surface area contributed by atoms with Crippen LogP contribution in [0.25, 0.3) is 0 Å². The van der Waals surface area contributed by atoms with E-state index in [9.17, 15) is 0 Å². The third kappa shape index (κ3) is 3.33. The summed E-state index contributed by atoms with van der Waals surface area (Å²) in [5.41, 5.74) is 0. The quantitative estimate of drug-likeness (QED) is 0.611. The summed E-state index contributed by atoms with van der Waals surface area (Å²) in [7, 11) is 1.47. The Labute approximate surface area is 108 Å². The van der Waals surface area contributed by atoms with Crippen LogP contribution in [0.4, 0.5) is 0 Å². The van der Waals surface area contributed by atoms with Crippen molar-refractivity contribution in [3.8, 4) is 0 Å². The molecule has 0 N–H and O–H groups in total. The van der Waals surface area contributed by atoms with Gasteiger partial charge in [-0.1, -0.05) is 0 Å². The van der Waals surface area contributed by atoms with Gasteiger partial charge in [-0.3, -0.25) is 0 Å². The van der Waals surface area contributed by atoms with Gasteiger partial charge in [-0.25, -0.2) is 0 Å². The van der Waals surface area contributed by atoms with Crippen molar-refractivity contribution in [1.29, 1.82) is 0 Å². The van der Waals surface area contributed by atoms with Crippen molar-refractivity contribution < 1.29 is 20.6 Å². The van der Waals surface area contributed by atoms with Crippen LogP contribution in [0.3, 0.4) is 0 Å². The zero-order chi connectivity index (χ0) is 8.39. The van der Waals surface area contributed by atoms with E-state index in [1.807, 2.05) is 6.66 Å². The Kier molecular flexibility index (Phi) is 7.31. The molecule has 0 bridgehead atoms. The predicted molar refractivity (Wildman–Crippen MR) is 68.1 cm³/mol. The maximum absolute atomic E-state index is 2.38. The standard InChI is InChI=1S/2C5H5.2ClH.Hf.H3Si/c2*1-2-4-5-3-1;;;;/h2*1-3H,4H2;2*1H;;1H3. The van der Waals surface area contributed by atoms with Gasteiger partial charge in [-0.2, -0.15) is 0 Å². The van der Waals surface area contributed by atoms with Gasteiger partial charge in [0, 0.05) is 0 Å².